The second-order valence-corrected chi connectivity index (χ2v) is 6.54. The number of benzene rings is 1. The summed E-state index contributed by atoms with van der Waals surface area (Å²) in [7, 11) is 0. The van der Waals surface area contributed by atoms with Gasteiger partial charge in [0.15, 0.2) is 0 Å². The van der Waals surface area contributed by atoms with Crippen LogP contribution in [-0.4, -0.2) is 30.7 Å². The maximum Gasteiger partial charge on any atom is 0.407 e. The zero-order valence-corrected chi connectivity index (χ0v) is 16.7. The van der Waals surface area contributed by atoms with Crippen molar-refractivity contribution < 1.29 is 23.5 Å². The molecule has 0 aliphatic heterocycles. The smallest absolute Gasteiger partial charge is 0.407 e. The molecule has 1 unspecified atom stereocenters. The number of carbonyl (C=O) groups excluding carboxylic acids is 3. The van der Waals surface area contributed by atoms with Gasteiger partial charge in [0, 0.05) is 11.4 Å². The Morgan fingerprint density at radius 1 is 1.03 bits per heavy atom. The molecule has 4 N–H and O–H groups in total. The zero-order chi connectivity index (χ0) is 21.2. The first kappa shape index (κ1) is 21.8. The van der Waals surface area contributed by atoms with E-state index in [4.69, 9.17) is 9.15 Å². The summed E-state index contributed by atoms with van der Waals surface area (Å²) in [5, 5.41) is 10.7. The quantitative estimate of drug-likeness (QED) is 0.540. The number of nitrogens with one attached hydrogen (secondary N) is 4. The Bertz CT molecular complexity index is 803. The largest absolute Gasteiger partial charge is 0.467 e. The highest BCUT2D eigenvalue weighted by Crippen LogP contribution is 2.15. The maximum absolute atomic E-state index is 12.5. The van der Waals surface area contributed by atoms with Crippen LogP contribution in [0.3, 0.4) is 0 Å². The Balaban J connectivity index is 1.87. The van der Waals surface area contributed by atoms with E-state index in [2.05, 4.69) is 21.3 Å². The van der Waals surface area contributed by atoms with E-state index >= 15 is 0 Å². The lowest BCUT2D eigenvalue weighted by atomic mass is 10.0. The fourth-order valence-corrected chi connectivity index (χ4v) is 2.45. The van der Waals surface area contributed by atoms with E-state index in [9.17, 15) is 14.4 Å². The highest BCUT2D eigenvalue weighted by Gasteiger charge is 2.24. The number of hydrogen-bond acceptors (Lipinski definition) is 5. The molecule has 9 nitrogen and oxygen atoms in total. The third-order valence-electron chi connectivity index (χ3n) is 3.91. The molecule has 0 aliphatic carbocycles. The summed E-state index contributed by atoms with van der Waals surface area (Å²) in [5.41, 5.74) is 1.10. The topological polar surface area (TPSA) is 122 Å². The van der Waals surface area contributed by atoms with Gasteiger partial charge in [0.2, 0.25) is 5.91 Å². The highest BCUT2D eigenvalue weighted by molar-refractivity contribution is 5.97. The fraction of sp³-hybridized carbons (Fsp3) is 0.350. The van der Waals surface area contributed by atoms with Crippen LogP contribution >= 0.6 is 0 Å². The molecule has 156 valence electrons. The van der Waals surface area contributed by atoms with Gasteiger partial charge in [0.05, 0.1) is 19.4 Å². The number of amides is 4. The summed E-state index contributed by atoms with van der Waals surface area (Å²) in [5.74, 6) is 0.164. The van der Waals surface area contributed by atoms with Gasteiger partial charge in [-0.1, -0.05) is 13.8 Å². The molecule has 29 heavy (non-hydrogen) atoms. The van der Waals surface area contributed by atoms with Gasteiger partial charge < -0.3 is 30.4 Å². The van der Waals surface area contributed by atoms with Crippen LogP contribution in [0.25, 0.3) is 0 Å². The van der Waals surface area contributed by atoms with Crippen LogP contribution in [0.1, 0.15) is 26.5 Å². The number of anilines is 2. The Morgan fingerprint density at radius 2 is 1.69 bits per heavy atom. The lowest BCUT2D eigenvalue weighted by molar-refractivity contribution is -0.119. The molecule has 0 fully saturated rings. The molecule has 1 heterocycles. The van der Waals surface area contributed by atoms with E-state index in [1.165, 1.54) is 6.26 Å². The standard InChI is InChI=1S/C20H26N4O5/c1-4-28-20(27)24-17(13(2)3)18(25)22-14-7-9-15(10-8-14)23-19(26)21-12-16-6-5-11-29-16/h5-11,13,17H,4,12H2,1-3H3,(H,22,25)(H,24,27)(H2,21,23,26). The highest BCUT2D eigenvalue weighted by atomic mass is 16.5. The van der Waals surface area contributed by atoms with Gasteiger partial charge >= 0.3 is 12.1 Å². The molecular weight excluding hydrogens is 376 g/mol. The molecule has 1 aromatic carbocycles. The van der Waals surface area contributed by atoms with Gasteiger partial charge in [-0.2, -0.15) is 0 Å². The van der Waals surface area contributed by atoms with Crippen molar-refractivity contribution in [3.05, 3.63) is 48.4 Å². The Labute approximate surface area is 169 Å². The predicted octanol–water partition coefficient (Wildman–Crippen LogP) is 3.31. The van der Waals surface area contributed by atoms with Crippen molar-refractivity contribution in [3.63, 3.8) is 0 Å². The normalized spacial score (nSPS) is 11.4. The Morgan fingerprint density at radius 3 is 2.24 bits per heavy atom. The molecule has 1 atom stereocenters. The maximum atomic E-state index is 12.5. The Hall–Kier alpha value is -3.49. The molecule has 1 aromatic heterocycles. The van der Waals surface area contributed by atoms with Gasteiger partial charge in [-0.05, 0) is 49.2 Å². The second kappa shape index (κ2) is 10.7. The Kier molecular flexibility index (Phi) is 8.08. The average molecular weight is 402 g/mol. The molecule has 2 aromatic rings. The van der Waals surface area contributed by atoms with Gasteiger partial charge in [-0.25, -0.2) is 9.59 Å². The third-order valence-corrected chi connectivity index (χ3v) is 3.91. The number of urea groups is 1. The number of furan rings is 1. The van der Waals surface area contributed by atoms with Crippen LogP contribution in [0.15, 0.2) is 47.1 Å². The number of hydrogen-bond donors (Lipinski definition) is 4. The summed E-state index contributed by atoms with van der Waals surface area (Å²) in [4.78, 5) is 36.0. The fourth-order valence-electron chi connectivity index (χ4n) is 2.45. The lowest BCUT2D eigenvalue weighted by Crippen LogP contribution is -2.47. The molecule has 2 rings (SSSR count). The molecule has 0 saturated carbocycles. The molecule has 0 saturated heterocycles. The first-order valence-corrected chi connectivity index (χ1v) is 9.30. The second-order valence-electron chi connectivity index (χ2n) is 6.54. The van der Waals surface area contributed by atoms with Gasteiger partial charge in [-0.3, -0.25) is 4.79 Å². The SMILES string of the molecule is CCOC(=O)NC(C(=O)Nc1ccc(NC(=O)NCc2ccco2)cc1)C(C)C. The minimum absolute atomic E-state index is 0.127. The van der Waals surface area contributed by atoms with Crippen LogP contribution in [0.4, 0.5) is 21.0 Å². The van der Waals surface area contributed by atoms with Crippen molar-refractivity contribution in [3.8, 4) is 0 Å². The van der Waals surface area contributed by atoms with E-state index in [1.54, 1.807) is 43.3 Å². The summed E-state index contributed by atoms with van der Waals surface area (Å²) in [6.45, 7) is 5.84. The lowest BCUT2D eigenvalue weighted by Gasteiger charge is -2.21. The van der Waals surface area contributed by atoms with E-state index in [0.717, 1.165) is 0 Å². The van der Waals surface area contributed by atoms with Crippen molar-refractivity contribution >= 4 is 29.4 Å². The van der Waals surface area contributed by atoms with Gasteiger partial charge in [0.25, 0.3) is 0 Å². The molecule has 0 radical (unpaired) electrons. The van der Waals surface area contributed by atoms with Crippen molar-refractivity contribution in [2.45, 2.75) is 33.4 Å². The average Bonchev–Trinajstić information content (AvgIpc) is 3.19. The minimum Gasteiger partial charge on any atom is -0.467 e. The summed E-state index contributed by atoms with van der Waals surface area (Å²) in [6, 6.07) is 9.02. The van der Waals surface area contributed by atoms with Crippen molar-refractivity contribution in [2.75, 3.05) is 17.2 Å². The van der Waals surface area contributed by atoms with Crippen molar-refractivity contribution in [1.82, 2.24) is 10.6 Å². The monoisotopic (exact) mass is 402 g/mol. The van der Waals surface area contributed by atoms with Crippen molar-refractivity contribution in [2.24, 2.45) is 5.92 Å². The third kappa shape index (κ3) is 7.21. The molecular formula is C20H26N4O5. The summed E-state index contributed by atoms with van der Waals surface area (Å²) in [6.07, 6.45) is 0.898. The molecule has 0 aliphatic rings. The van der Waals surface area contributed by atoms with E-state index in [0.29, 0.717) is 17.1 Å². The molecule has 0 bridgehead atoms. The molecule has 0 spiro atoms. The number of ether oxygens (including phenoxy) is 1. The number of alkyl carbamates (subject to hydrolysis) is 1. The first-order valence-electron chi connectivity index (χ1n) is 9.30. The van der Waals surface area contributed by atoms with Crippen LogP contribution in [0.5, 0.6) is 0 Å². The molecule has 4 amide bonds. The van der Waals surface area contributed by atoms with E-state index in [-0.39, 0.29) is 31.0 Å². The van der Waals surface area contributed by atoms with Crippen LogP contribution in [0, 0.1) is 5.92 Å². The minimum atomic E-state index is -0.737. The first-order chi connectivity index (χ1) is 13.9. The van der Waals surface area contributed by atoms with E-state index < -0.39 is 12.1 Å². The predicted molar refractivity (Wildman–Crippen MR) is 108 cm³/mol. The van der Waals surface area contributed by atoms with E-state index in [1.807, 2.05) is 13.8 Å². The van der Waals surface area contributed by atoms with Crippen LogP contribution < -0.4 is 21.3 Å². The zero-order valence-electron chi connectivity index (χ0n) is 16.7. The summed E-state index contributed by atoms with van der Waals surface area (Å²) >= 11 is 0. The van der Waals surface area contributed by atoms with Gasteiger partial charge in [0.1, 0.15) is 11.8 Å². The van der Waals surface area contributed by atoms with Crippen molar-refractivity contribution in [1.29, 1.82) is 0 Å². The van der Waals surface area contributed by atoms with Crippen LogP contribution in [-0.2, 0) is 16.1 Å². The number of carbonyl (C=O) groups is 3. The van der Waals surface area contributed by atoms with Crippen LogP contribution in [0.2, 0.25) is 0 Å². The molecule has 9 heteroatoms. The summed E-state index contributed by atoms with van der Waals surface area (Å²) < 4.78 is 9.98. The number of rotatable bonds is 8. The van der Waals surface area contributed by atoms with Gasteiger partial charge in [-0.15, -0.1) is 0 Å².